The number of Topliss-reactive ketones (excluding diaryl/α,β-unsaturated/α-hetero) is 1. The second-order valence-electron chi connectivity index (χ2n) is 8.91. The molecule has 3 aromatic carbocycles. The van der Waals surface area contributed by atoms with Gasteiger partial charge >= 0.3 is 0 Å². The lowest BCUT2D eigenvalue weighted by molar-refractivity contribution is -0.117. The Morgan fingerprint density at radius 1 is 0.939 bits per heavy atom. The molecule has 0 radical (unpaired) electrons. The average Bonchev–Trinajstić information content (AvgIpc) is 2.83. The third-order valence-electron chi connectivity index (χ3n) is 6.72. The van der Waals surface area contributed by atoms with Crippen LogP contribution in [0, 0.1) is 11.3 Å². The van der Waals surface area contributed by atoms with Crippen LogP contribution in [0.15, 0.2) is 95.5 Å². The monoisotopic (exact) mass is 434 g/mol. The summed E-state index contributed by atoms with van der Waals surface area (Å²) in [6, 6.07) is 26.8. The molecule has 2 N–H and O–H groups in total. The van der Waals surface area contributed by atoms with Crippen LogP contribution in [0.1, 0.15) is 35.8 Å². The zero-order valence-electron chi connectivity index (χ0n) is 18.8. The average molecular weight is 435 g/mol. The Labute approximate surface area is 194 Å². The normalized spacial score (nSPS) is 20.9. The van der Waals surface area contributed by atoms with Gasteiger partial charge in [-0.15, -0.1) is 0 Å². The van der Waals surface area contributed by atoms with E-state index in [0.29, 0.717) is 29.8 Å². The van der Waals surface area contributed by atoms with Gasteiger partial charge in [0.15, 0.2) is 5.78 Å². The molecule has 164 valence electrons. The molecular weight excluding hydrogens is 408 g/mol. The summed E-state index contributed by atoms with van der Waals surface area (Å²) in [5, 5.41) is 16.1. The van der Waals surface area contributed by atoms with Crippen molar-refractivity contribution < 1.29 is 4.79 Å². The fourth-order valence-corrected chi connectivity index (χ4v) is 5.25. The zero-order valence-corrected chi connectivity index (χ0v) is 18.8. The third-order valence-corrected chi connectivity index (χ3v) is 6.72. The van der Waals surface area contributed by atoms with Crippen molar-refractivity contribution in [1.82, 2.24) is 10.0 Å². The number of allylic oxidation sites excluding steroid dienone is 3. The van der Waals surface area contributed by atoms with Crippen molar-refractivity contribution in [1.29, 1.82) is 5.26 Å². The number of nitriles is 1. The van der Waals surface area contributed by atoms with Crippen LogP contribution >= 0.6 is 0 Å². The number of fused-ring (bicyclic) bond motifs is 1. The molecule has 2 atom stereocenters. The molecule has 1 heterocycles. The van der Waals surface area contributed by atoms with E-state index in [1.807, 2.05) is 60.5 Å². The van der Waals surface area contributed by atoms with Crippen LogP contribution in [0.2, 0.25) is 0 Å². The van der Waals surface area contributed by atoms with E-state index in [9.17, 15) is 10.1 Å². The Hall–Kier alpha value is -3.88. The highest BCUT2D eigenvalue weighted by molar-refractivity contribution is 6.00. The molecule has 5 nitrogen and oxygen atoms in total. The molecule has 1 aliphatic carbocycles. The summed E-state index contributed by atoms with van der Waals surface area (Å²) in [4.78, 5) is 13.7. The van der Waals surface area contributed by atoms with Crippen molar-refractivity contribution in [3.8, 4) is 6.07 Å². The minimum absolute atomic E-state index is 0.0774. The Morgan fingerprint density at radius 2 is 1.64 bits per heavy atom. The van der Waals surface area contributed by atoms with Crippen LogP contribution in [0.3, 0.4) is 0 Å². The molecule has 0 aromatic heterocycles. The first-order chi connectivity index (χ1) is 16.0. The summed E-state index contributed by atoms with van der Waals surface area (Å²) in [5.41, 5.74) is 10.7. The minimum atomic E-state index is -0.463. The van der Waals surface area contributed by atoms with Crippen molar-refractivity contribution in [2.45, 2.75) is 24.7 Å². The highest BCUT2D eigenvalue weighted by atomic mass is 16.1. The third kappa shape index (κ3) is 3.49. The van der Waals surface area contributed by atoms with Crippen LogP contribution in [0.4, 0.5) is 0 Å². The maximum Gasteiger partial charge on any atom is 0.162 e. The molecule has 0 spiro atoms. The van der Waals surface area contributed by atoms with Crippen molar-refractivity contribution in [2.75, 3.05) is 14.1 Å². The number of rotatable bonds is 3. The van der Waals surface area contributed by atoms with Crippen molar-refractivity contribution in [2.24, 2.45) is 5.73 Å². The molecule has 0 saturated carbocycles. The van der Waals surface area contributed by atoms with E-state index < -0.39 is 5.92 Å². The lowest BCUT2D eigenvalue weighted by Crippen LogP contribution is -2.46. The molecule has 0 unspecified atom stereocenters. The van der Waals surface area contributed by atoms with Gasteiger partial charge < -0.3 is 5.73 Å². The second kappa shape index (κ2) is 8.23. The number of hydrogen-bond acceptors (Lipinski definition) is 5. The van der Waals surface area contributed by atoms with E-state index in [2.05, 4.69) is 42.5 Å². The van der Waals surface area contributed by atoms with E-state index in [1.165, 1.54) is 0 Å². The highest BCUT2D eigenvalue weighted by Gasteiger charge is 2.43. The molecule has 5 rings (SSSR count). The van der Waals surface area contributed by atoms with Gasteiger partial charge in [0.2, 0.25) is 0 Å². The predicted molar refractivity (Wildman–Crippen MR) is 129 cm³/mol. The summed E-state index contributed by atoms with van der Waals surface area (Å²) >= 11 is 0. The molecule has 0 amide bonds. The van der Waals surface area contributed by atoms with Gasteiger partial charge in [-0.2, -0.15) is 5.26 Å². The summed E-state index contributed by atoms with van der Waals surface area (Å²) in [6.07, 6.45) is 1.11. The largest absolute Gasteiger partial charge is 0.383 e. The lowest BCUT2D eigenvalue weighted by atomic mass is 9.72. The molecule has 5 heteroatoms. The highest BCUT2D eigenvalue weighted by Crippen LogP contribution is 2.48. The second-order valence-corrected chi connectivity index (χ2v) is 8.91. The number of ketones is 1. The minimum Gasteiger partial charge on any atom is -0.383 e. The van der Waals surface area contributed by atoms with Gasteiger partial charge in [-0.05, 0) is 34.2 Å². The zero-order chi connectivity index (χ0) is 23.1. The molecular formula is C28H26N4O. The molecule has 1 aliphatic heterocycles. The van der Waals surface area contributed by atoms with Gasteiger partial charge in [0, 0.05) is 31.8 Å². The van der Waals surface area contributed by atoms with Gasteiger partial charge in [0.1, 0.15) is 5.82 Å². The Balaban J connectivity index is 1.70. The maximum atomic E-state index is 13.7. The Kier molecular flexibility index (Phi) is 5.24. The van der Waals surface area contributed by atoms with Crippen LogP contribution in [0.5, 0.6) is 0 Å². The molecule has 0 fully saturated rings. The Morgan fingerprint density at radius 3 is 2.33 bits per heavy atom. The summed E-state index contributed by atoms with van der Waals surface area (Å²) in [5.74, 6) is 0.0832. The van der Waals surface area contributed by atoms with Crippen molar-refractivity contribution in [3.63, 3.8) is 0 Å². The number of nitrogens with zero attached hydrogens (tertiary/aromatic N) is 3. The van der Waals surface area contributed by atoms with Gasteiger partial charge in [-0.3, -0.25) is 9.80 Å². The Bertz CT molecular complexity index is 1350. The number of carbonyl (C=O) groups excluding carboxylic acids is 1. The molecule has 0 saturated heterocycles. The summed E-state index contributed by atoms with van der Waals surface area (Å²) < 4.78 is 0. The summed E-state index contributed by atoms with van der Waals surface area (Å²) in [6.45, 7) is 0. The fourth-order valence-electron chi connectivity index (χ4n) is 5.25. The number of hydrogen-bond donors (Lipinski definition) is 1. The maximum absolute atomic E-state index is 13.7. The van der Waals surface area contributed by atoms with Crippen LogP contribution in [0.25, 0.3) is 10.8 Å². The van der Waals surface area contributed by atoms with Gasteiger partial charge in [0.05, 0.1) is 17.6 Å². The van der Waals surface area contributed by atoms with Gasteiger partial charge in [0.25, 0.3) is 0 Å². The smallest absolute Gasteiger partial charge is 0.162 e. The quantitative estimate of drug-likeness (QED) is 0.640. The van der Waals surface area contributed by atoms with E-state index in [1.54, 1.807) is 0 Å². The topological polar surface area (TPSA) is 73.4 Å². The van der Waals surface area contributed by atoms with Crippen LogP contribution in [-0.4, -0.2) is 29.9 Å². The SMILES string of the molecule is CN(C)N1C(N)=C(C#N)[C@@H](c2ccc3ccccc3c2)C2=C1C[C@H](c1ccccc1)CC2=O. The molecule has 33 heavy (non-hydrogen) atoms. The standard InChI is InChI=1S/C28H26N4O/c1-31(2)32-24-15-22(18-8-4-3-5-9-18)16-25(33)27(24)26(23(17-29)28(32)30)21-13-12-19-10-6-7-11-20(19)14-21/h3-14,22,26H,15-16,30H2,1-2H3/t22-,26+/m0/s1. The number of benzene rings is 3. The first-order valence-electron chi connectivity index (χ1n) is 11.2. The van der Waals surface area contributed by atoms with E-state index in [-0.39, 0.29) is 11.7 Å². The number of carbonyl (C=O) groups is 1. The van der Waals surface area contributed by atoms with E-state index >= 15 is 0 Å². The number of nitrogens with two attached hydrogens (primary N) is 1. The number of hydrazine groups is 1. The fraction of sp³-hybridized carbons (Fsp3) is 0.214. The first kappa shape index (κ1) is 21.0. The van der Waals surface area contributed by atoms with E-state index in [0.717, 1.165) is 27.6 Å². The van der Waals surface area contributed by atoms with Crippen molar-refractivity contribution in [3.05, 3.63) is 107 Å². The summed E-state index contributed by atoms with van der Waals surface area (Å²) in [7, 11) is 3.78. The molecule has 2 aliphatic rings. The first-order valence-corrected chi connectivity index (χ1v) is 11.2. The van der Waals surface area contributed by atoms with Gasteiger partial charge in [-0.25, -0.2) is 5.01 Å². The van der Waals surface area contributed by atoms with E-state index in [4.69, 9.17) is 5.73 Å². The predicted octanol–water partition coefficient (Wildman–Crippen LogP) is 4.81. The molecule has 3 aromatic rings. The van der Waals surface area contributed by atoms with Crippen LogP contribution < -0.4 is 5.73 Å². The lowest BCUT2D eigenvalue weighted by Gasteiger charge is -2.43. The van der Waals surface area contributed by atoms with Crippen molar-refractivity contribution >= 4 is 16.6 Å². The van der Waals surface area contributed by atoms with Crippen LogP contribution in [-0.2, 0) is 4.79 Å². The van der Waals surface area contributed by atoms with Gasteiger partial charge in [-0.1, -0.05) is 72.8 Å². The molecule has 0 bridgehead atoms.